The number of allylic oxidation sites excluding steroid dienone is 2. The molecule has 2 nitrogen and oxygen atoms in total. The first-order valence-corrected chi connectivity index (χ1v) is 12.1. The van der Waals surface area contributed by atoms with Gasteiger partial charge in [0.2, 0.25) is 0 Å². The highest BCUT2D eigenvalue weighted by atomic mass is 16.5. The molecular formula is C30H36O2. The normalized spacial score (nSPS) is 15.6. The smallest absolute Gasteiger partial charge is 0.120 e. The lowest BCUT2D eigenvalue weighted by molar-refractivity contribution is 0.207. The van der Waals surface area contributed by atoms with E-state index >= 15 is 0 Å². The number of rotatable bonds is 8. The standard InChI is InChI=1S/C30H36O2/c1-22(27-10-5-4-6-11-27)23(2)31-20-25-16-18-26(19-17-25)21-32-24(3)29-15-9-13-28-12-7-8-14-30(28)29/h9,13,15-19H,2-8,10-12,14,20-21H2,1H3. The fourth-order valence-electron chi connectivity index (χ4n) is 4.85. The molecule has 4 rings (SSSR count). The van der Waals surface area contributed by atoms with Gasteiger partial charge in [0.15, 0.2) is 0 Å². The van der Waals surface area contributed by atoms with Gasteiger partial charge < -0.3 is 9.47 Å². The van der Waals surface area contributed by atoms with Crippen LogP contribution >= 0.6 is 0 Å². The van der Waals surface area contributed by atoms with E-state index in [9.17, 15) is 0 Å². The zero-order valence-electron chi connectivity index (χ0n) is 19.6. The third-order valence-electron chi connectivity index (χ3n) is 6.95. The maximum absolute atomic E-state index is 6.07. The molecule has 2 aliphatic carbocycles. The van der Waals surface area contributed by atoms with Crippen LogP contribution < -0.4 is 0 Å². The molecule has 2 aromatic carbocycles. The highest BCUT2D eigenvalue weighted by Crippen LogP contribution is 2.30. The first-order valence-electron chi connectivity index (χ1n) is 12.1. The van der Waals surface area contributed by atoms with E-state index in [2.05, 4.69) is 62.5 Å². The first-order chi connectivity index (χ1) is 15.6. The van der Waals surface area contributed by atoms with Crippen molar-refractivity contribution in [2.24, 2.45) is 0 Å². The highest BCUT2D eigenvalue weighted by Gasteiger charge is 2.15. The predicted octanol–water partition coefficient (Wildman–Crippen LogP) is 8.06. The lowest BCUT2D eigenvalue weighted by Crippen LogP contribution is -2.06. The van der Waals surface area contributed by atoms with Gasteiger partial charge in [-0.05, 0) is 86.1 Å². The molecule has 0 N–H and O–H groups in total. The topological polar surface area (TPSA) is 18.5 Å². The van der Waals surface area contributed by atoms with Gasteiger partial charge in [0.1, 0.15) is 24.7 Å². The number of ether oxygens (including phenoxy) is 2. The highest BCUT2D eigenvalue weighted by molar-refractivity contribution is 5.63. The van der Waals surface area contributed by atoms with Crippen LogP contribution in [0.5, 0.6) is 0 Å². The molecule has 2 heteroatoms. The zero-order chi connectivity index (χ0) is 22.3. The summed E-state index contributed by atoms with van der Waals surface area (Å²) in [6, 6.07) is 15.0. The number of benzene rings is 2. The fraction of sp³-hybridized carbons (Fsp3) is 0.400. The molecule has 168 valence electrons. The van der Waals surface area contributed by atoms with Gasteiger partial charge in [0.05, 0.1) is 0 Å². The van der Waals surface area contributed by atoms with Crippen molar-refractivity contribution in [1.29, 1.82) is 0 Å². The molecule has 0 aliphatic heterocycles. The van der Waals surface area contributed by atoms with Gasteiger partial charge >= 0.3 is 0 Å². The van der Waals surface area contributed by atoms with Crippen LogP contribution in [0, 0.1) is 0 Å². The Bertz CT molecular complexity index is 986. The fourth-order valence-corrected chi connectivity index (χ4v) is 4.85. The minimum Gasteiger partial charge on any atom is -0.489 e. The number of hydrogen-bond acceptors (Lipinski definition) is 2. The molecule has 2 aromatic rings. The summed E-state index contributed by atoms with van der Waals surface area (Å²) in [6.07, 6.45) is 11.2. The molecule has 0 amide bonds. The van der Waals surface area contributed by atoms with Gasteiger partial charge in [-0.2, -0.15) is 0 Å². The summed E-state index contributed by atoms with van der Waals surface area (Å²) >= 11 is 0. The van der Waals surface area contributed by atoms with Crippen molar-refractivity contribution in [1.82, 2.24) is 0 Å². The molecule has 0 spiro atoms. The van der Waals surface area contributed by atoms with Gasteiger partial charge in [-0.3, -0.25) is 0 Å². The van der Waals surface area contributed by atoms with E-state index in [4.69, 9.17) is 9.47 Å². The van der Waals surface area contributed by atoms with E-state index in [1.54, 1.807) is 0 Å². The van der Waals surface area contributed by atoms with Gasteiger partial charge in [-0.1, -0.05) is 67.6 Å². The molecule has 0 bridgehead atoms. The summed E-state index contributed by atoms with van der Waals surface area (Å²) in [6.45, 7) is 11.6. The third kappa shape index (κ3) is 5.54. The summed E-state index contributed by atoms with van der Waals surface area (Å²) in [5, 5.41) is 0. The van der Waals surface area contributed by atoms with Crippen LogP contribution in [0.3, 0.4) is 0 Å². The Labute approximate surface area is 193 Å². The molecule has 0 heterocycles. The minimum absolute atomic E-state index is 0.529. The maximum atomic E-state index is 6.07. The quantitative estimate of drug-likeness (QED) is 0.396. The lowest BCUT2D eigenvalue weighted by atomic mass is 9.88. The van der Waals surface area contributed by atoms with E-state index in [-0.39, 0.29) is 0 Å². The Morgan fingerprint density at radius 2 is 1.38 bits per heavy atom. The monoisotopic (exact) mass is 428 g/mol. The molecule has 0 radical (unpaired) electrons. The zero-order valence-corrected chi connectivity index (χ0v) is 19.6. The maximum Gasteiger partial charge on any atom is 0.120 e. The van der Waals surface area contributed by atoms with E-state index < -0.39 is 0 Å². The van der Waals surface area contributed by atoms with Crippen molar-refractivity contribution in [3.8, 4) is 0 Å². The molecule has 1 fully saturated rings. The Morgan fingerprint density at radius 1 is 0.750 bits per heavy atom. The van der Waals surface area contributed by atoms with Gasteiger partial charge in [-0.25, -0.2) is 0 Å². The number of fused-ring (bicyclic) bond motifs is 1. The van der Waals surface area contributed by atoms with Crippen LogP contribution in [0.4, 0.5) is 0 Å². The Morgan fingerprint density at radius 3 is 2.09 bits per heavy atom. The largest absolute Gasteiger partial charge is 0.489 e. The second kappa shape index (κ2) is 10.7. The second-order valence-electron chi connectivity index (χ2n) is 9.18. The van der Waals surface area contributed by atoms with Gasteiger partial charge in [-0.15, -0.1) is 0 Å². The molecule has 0 aromatic heterocycles. The van der Waals surface area contributed by atoms with E-state index in [1.165, 1.54) is 79.2 Å². The minimum atomic E-state index is 0.529. The van der Waals surface area contributed by atoms with Crippen molar-refractivity contribution in [2.45, 2.75) is 77.9 Å². The number of aryl methyl sites for hydroxylation is 1. The summed E-state index contributed by atoms with van der Waals surface area (Å²) in [4.78, 5) is 0. The van der Waals surface area contributed by atoms with Crippen LogP contribution in [0.25, 0.3) is 5.76 Å². The molecular weight excluding hydrogens is 392 g/mol. The first kappa shape index (κ1) is 22.5. The van der Waals surface area contributed by atoms with Crippen molar-refractivity contribution < 1.29 is 9.47 Å². The van der Waals surface area contributed by atoms with E-state index in [0.717, 1.165) is 29.1 Å². The van der Waals surface area contributed by atoms with E-state index in [1.807, 2.05) is 0 Å². The molecule has 2 aliphatic rings. The van der Waals surface area contributed by atoms with Crippen molar-refractivity contribution in [2.75, 3.05) is 0 Å². The molecule has 0 saturated heterocycles. The Kier molecular flexibility index (Phi) is 7.52. The second-order valence-corrected chi connectivity index (χ2v) is 9.18. The summed E-state index contributed by atoms with van der Waals surface area (Å²) in [5.41, 5.74) is 9.11. The van der Waals surface area contributed by atoms with Crippen LogP contribution in [-0.2, 0) is 35.5 Å². The van der Waals surface area contributed by atoms with Crippen LogP contribution in [0.1, 0.15) is 79.7 Å². The molecule has 32 heavy (non-hydrogen) atoms. The SMILES string of the molecule is C=C(OCc1ccc(COC(=C)c2cccc3c2CCCC3)cc1)C(C)=C1CCCCC1. The molecule has 0 unspecified atom stereocenters. The Balaban J connectivity index is 1.29. The lowest BCUT2D eigenvalue weighted by Gasteiger charge is -2.20. The van der Waals surface area contributed by atoms with Crippen LogP contribution in [0.2, 0.25) is 0 Å². The van der Waals surface area contributed by atoms with Gasteiger partial charge in [0, 0.05) is 5.56 Å². The van der Waals surface area contributed by atoms with E-state index in [0.29, 0.717) is 13.2 Å². The van der Waals surface area contributed by atoms with Gasteiger partial charge in [0.25, 0.3) is 0 Å². The average Bonchev–Trinajstić information content (AvgIpc) is 2.86. The van der Waals surface area contributed by atoms with Crippen LogP contribution in [0.15, 0.2) is 72.5 Å². The number of hydrogen-bond donors (Lipinski definition) is 0. The van der Waals surface area contributed by atoms with Crippen LogP contribution in [-0.4, -0.2) is 0 Å². The summed E-state index contributed by atoms with van der Waals surface area (Å²) < 4.78 is 12.1. The third-order valence-corrected chi connectivity index (χ3v) is 6.95. The van der Waals surface area contributed by atoms with Crippen molar-refractivity contribution in [3.63, 3.8) is 0 Å². The molecule has 0 atom stereocenters. The summed E-state index contributed by atoms with van der Waals surface area (Å²) in [7, 11) is 0. The molecule has 1 saturated carbocycles. The van der Waals surface area contributed by atoms with Crippen molar-refractivity contribution >= 4 is 5.76 Å². The average molecular weight is 429 g/mol. The predicted molar refractivity (Wildman–Crippen MR) is 133 cm³/mol. The van der Waals surface area contributed by atoms with Crippen molar-refractivity contribution in [3.05, 3.63) is 100 Å². The summed E-state index contributed by atoms with van der Waals surface area (Å²) in [5.74, 6) is 1.59. The Hall–Kier alpha value is -2.74.